The van der Waals surface area contributed by atoms with Crippen LogP contribution >= 0.6 is 0 Å². The number of hydrogen-bond donors (Lipinski definition) is 1. The van der Waals surface area contributed by atoms with Crippen molar-refractivity contribution in [2.45, 2.75) is 6.92 Å². The zero-order chi connectivity index (χ0) is 2.71. The van der Waals surface area contributed by atoms with E-state index in [1.54, 1.807) is 6.92 Å². The molecule has 0 aromatic heterocycles. The molecule has 0 rings (SSSR count). The van der Waals surface area contributed by atoms with Gasteiger partial charge in [0.15, 0.2) is 0 Å². The first-order chi connectivity index (χ1) is 1.41. The SMILES string of the molecule is CCO.[NaH]. The van der Waals surface area contributed by atoms with E-state index in [2.05, 4.69) is 0 Å². The summed E-state index contributed by atoms with van der Waals surface area (Å²) in [6.07, 6.45) is 0. The van der Waals surface area contributed by atoms with Crippen molar-refractivity contribution in [3.8, 4) is 0 Å². The van der Waals surface area contributed by atoms with Crippen LogP contribution in [0.1, 0.15) is 6.92 Å². The second-order valence-electron chi connectivity index (χ2n) is 0.316. The molecule has 22 valence electrons. The van der Waals surface area contributed by atoms with Gasteiger partial charge in [0.2, 0.25) is 0 Å². The summed E-state index contributed by atoms with van der Waals surface area (Å²) >= 11 is 0. The van der Waals surface area contributed by atoms with Crippen molar-refractivity contribution in [2.75, 3.05) is 6.61 Å². The summed E-state index contributed by atoms with van der Waals surface area (Å²) in [4.78, 5) is 0. The van der Waals surface area contributed by atoms with Gasteiger partial charge in [-0.15, -0.1) is 0 Å². The average molecular weight is 70.1 g/mol. The summed E-state index contributed by atoms with van der Waals surface area (Å²) in [5, 5.41) is 7.57. The Bertz CT molecular complexity index is 6.00. The molecule has 1 N–H and O–H groups in total. The van der Waals surface area contributed by atoms with E-state index in [-0.39, 0.29) is 36.2 Å². The average Bonchev–Trinajstić information content (AvgIpc) is 0.918. The normalized spacial score (nSPS) is 4.50. The summed E-state index contributed by atoms with van der Waals surface area (Å²) in [7, 11) is 0. The van der Waals surface area contributed by atoms with Gasteiger partial charge in [-0.1, -0.05) is 0 Å². The molecule has 0 saturated carbocycles. The second-order valence-corrected chi connectivity index (χ2v) is 0.316. The quantitative estimate of drug-likeness (QED) is 0.375. The maximum absolute atomic E-state index is 7.57. The van der Waals surface area contributed by atoms with Crippen LogP contribution in [0.4, 0.5) is 0 Å². The zero-order valence-electron chi connectivity index (χ0n) is 2.15. The van der Waals surface area contributed by atoms with E-state index in [0.717, 1.165) is 0 Å². The van der Waals surface area contributed by atoms with Crippen molar-refractivity contribution in [1.82, 2.24) is 0 Å². The fourth-order valence-electron chi connectivity index (χ4n) is 0. The molecule has 0 aromatic carbocycles. The molecule has 0 unspecified atom stereocenters. The van der Waals surface area contributed by atoms with Crippen LogP contribution in [0.2, 0.25) is 0 Å². The molecule has 0 aliphatic carbocycles. The van der Waals surface area contributed by atoms with Gasteiger partial charge >= 0.3 is 29.6 Å². The van der Waals surface area contributed by atoms with Crippen LogP contribution in [0.15, 0.2) is 0 Å². The molecule has 0 bridgehead atoms. The first-order valence-electron chi connectivity index (χ1n) is 1.02. The molecule has 0 heterocycles. The van der Waals surface area contributed by atoms with Crippen LogP contribution in [-0.4, -0.2) is 41.3 Å². The van der Waals surface area contributed by atoms with E-state index in [9.17, 15) is 0 Å². The van der Waals surface area contributed by atoms with Gasteiger partial charge in [-0.25, -0.2) is 0 Å². The summed E-state index contributed by atoms with van der Waals surface area (Å²) in [5.74, 6) is 0. The van der Waals surface area contributed by atoms with E-state index < -0.39 is 0 Å². The van der Waals surface area contributed by atoms with Crippen molar-refractivity contribution in [2.24, 2.45) is 0 Å². The molecule has 0 aliphatic rings. The second kappa shape index (κ2) is 9.03. The van der Waals surface area contributed by atoms with Crippen molar-refractivity contribution in [1.29, 1.82) is 0 Å². The third-order valence-corrected chi connectivity index (χ3v) is 0. The molecule has 0 radical (unpaired) electrons. The summed E-state index contributed by atoms with van der Waals surface area (Å²) in [5.41, 5.74) is 0. The van der Waals surface area contributed by atoms with Gasteiger partial charge in [-0.05, 0) is 6.92 Å². The van der Waals surface area contributed by atoms with Gasteiger partial charge in [0, 0.05) is 6.61 Å². The van der Waals surface area contributed by atoms with Crippen LogP contribution in [-0.2, 0) is 0 Å². The Balaban J connectivity index is 0. The Morgan fingerprint density at radius 2 is 1.75 bits per heavy atom. The number of aliphatic hydroxyl groups is 1. The zero-order valence-corrected chi connectivity index (χ0v) is 2.15. The van der Waals surface area contributed by atoms with E-state index in [4.69, 9.17) is 5.11 Å². The number of hydrogen-bond acceptors (Lipinski definition) is 1. The molecule has 2 heteroatoms. The van der Waals surface area contributed by atoms with Gasteiger partial charge in [-0.2, -0.15) is 0 Å². The molecule has 0 amide bonds. The molecule has 0 aromatic rings. The molecular formula is C2H7NaO. The standard InChI is InChI=1S/C2H6O.Na.H/c1-2-3;;/h3H,2H2,1H3;;. The van der Waals surface area contributed by atoms with Crippen molar-refractivity contribution in [3.63, 3.8) is 0 Å². The van der Waals surface area contributed by atoms with Gasteiger partial charge < -0.3 is 5.11 Å². The fourth-order valence-corrected chi connectivity index (χ4v) is 0. The van der Waals surface area contributed by atoms with Crippen LogP contribution < -0.4 is 0 Å². The first kappa shape index (κ1) is 8.88. The number of aliphatic hydroxyl groups excluding tert-OH is 1. The van der Waals surface area contributed by atoms with E-state index >= 15 is 0 Å². The first-order valence-corrected chi connectivity index (χ1v) is 1.02. The van der Waals surface area contributed by atoms with Gasteiger partial charge in [0.05, 0.1) is 0 Å². The predicted octanol–water partition coefficient (Wildman–Crippen LogP) is -0.650. The third kappa shape index (κ3) is 12.3. The Labute approximate surface area is 48.3 Å². The van der Waals surface area contributed by atoms with E-state index in [1.165, 1.54) is 0 Å². The molecule has 1 nitrogen and oxygen atoms in total. The molecule has 0 saturated heterocycles. The monoisotopic (exact) mass is 70.0 g/mol. The molecular weight excluding hydrogens is 63.0 g/mol. The Morgan fingerprint density at radius 1 is 1.75 bits per heavy atom. The van der Waals surface area contributed by atoms with Crippen molar-refractivity contribution >= 4 is 29.6 Å². The fraction of sp³-hybridized carbons (Fsp3) is 1.00. The Kier molecular flexibility index (Phi) is 20.0. The van der Waals surface area contributed by atoms with Crippen LogP contribution in [0.3, 0.4) is 0 Å². The topological polar surface area (TPSA) is 20.2 Å². The van der Waals surface area contributed by atoms with Gasteiger partial charge in [0.25, 0.3) is 0 Å². The number of rotatable bonds is 0. The molecule has 4 heavy (non-hydrogen) atoms. The molecule has 0 aliphatic heterocycles. The van der Waals surface area contributed by atoms with E-state index in [0.29, 0.717) is 0 Å². The summed E-state index contributed by atoms with van der Waals surface area (Å²) in [6, 6.07) is 0. The van der Waals surface area contributed by atoms with Gasteiger partial charge in [-0.3, -0.25) is 0 Å². The van der Waals surface area contributed by atoms with Crippen molar-refractivity contribution < 1.29 is 5.11 Å². The minimum absolute atomic E-state index is 0. The van der Waals surface area contributed by atoms with Crippen LogP contribution in [0, 0.1) is 0 Å². The molecule has 0 spiro atoms. The maximum atomic E-state index is 7.57. The summed E-state index contributed by atoms with van der Waals surface area (Å²) in [6.45, 7) is 1.93. The Hall–Kier alpha value is 0.960. The molecule has 0 fully saturated rings. The predicted molar refractivity (Wildman–Crippen MR) is 19.9 cm³/mol. The Morgan fingerprint density at radius 3 is 1.75 bits per heavy atom. The van der Waals surface area contributed by atoms with Crippen molar-refractivity contribution in [3.05, 3.63) is 0 Å². The third-order valence-electron chi connectivity index (χ3n) is 0. The summed E-state index contributed by atoms with van der Waals surface area (Å²) < 4.78 is 0. The van der Waals surface area contributed by atoms with Gasteiger partial charge in [0.1, 0.15) is 0 Å². The van der Waals surface area contributed by atoms with Crippen LogP contribution in [0.5, 0.6) is 0 Å². The van der Waals surface area contributed by atoms with E-state index in [1.807, 2.05) is 0 Å². The van der Waals surface area contributed by atoms with Crippen LogP contribution in [0.25, 0.3) is 0 Å². The minimum atomic E-state index is 0. The molecule has 0 atom stereocenters.